The molecule has 0 bridgehead atoms. The quantitative estimate of drug-likeness (QED) is 0.858. The molecular formula is C17H21NO3. The van der Waals surface area contributed by atoms with Gasteiger partial charge in [-0.3, -0.25) is 9.59 Å². The van der Waals surface area contributed by atoms with Crippen LogP contribution in [0.15, 0.2) is 24.3 Å². The summed E-state index contributed by atoms with van der Waals surface area (Å²) in [6, 6.07) is 7.31. The summed E-state index contributed by atoms with van der Waals surface area (Å²) in [5, 5.41) is 0. The lowest BCUT2D eigenvalue weighted by Crippen LogP contribution is -2.41. The second-order valence-corrected chi connectivity index (χ2v) is 5.90. The lowest BCUT2D eigenvalue weighted by molar-refractivity contribution is -0.121. The minimum absolute atomic E-state index is 0.0415. The van der Waals surface area contributed by atoms with E-state index in [0.29, 0.717) is 17.8 Å². The summed E-state index contributed by atoms with van der Waals surface area (Å²) < 4.78 is 5.12. The van der Waals surface area contributed by atoms with Gasteiger partial charge in [-0.05, 0) is 49.9 Å². The zero-order valence-corrected chi connectivity index (χ0v) is 12.4. The molecule has 1 aromatic rings. The van der Waals surface area contributed by atoms with Gasteiger partial charge in [0.15, 0.2) is 0 Å². The molecule has 0 radical (unpaired) electrons. The zero-order valence-electron chi connectivity index (χ0n) is 12.4. The zero-order chi connectivity index (χ0) is 14.8. The van der Waals surface area contributed by atoms with Crippen LogP contribution < -0.4 is 4.74 Å². The summed E-state index contributed by atoms with van der Waals surface area (Å²) in [5.74, 6) is 1.19. The highest BCUT2D eigenvalue weighted by atomic mass is 16.5. The number of nitrogens with zero attached hydrogens (tertiary/aromatic N) is 1. The van der Waals surface area contributed by atoms with Gasteiger partial charge < -0.3 is 9.64 Å². The van der Waals surface area contributed by atoms with E-state index >= 15 is 0 Å². The Hall–Kier alpha value is -1.84. The Kier molecular flexibility index (Phi) is 3.95. The molecule has 0 aromatic heterocycles. The molecule has 2 unspecified atom stereocenters. The van der Waals surface area contributed by atoms with Crippen molar-refractivity contribution in [1.29, 1.82) is 0 Å². The normalized spacial score (nSPS) is 25.4. The first-order chi connectivity index (χ1) is 10.2. The van der Waals surface area contributed by atoms with Gasteiger partial charge in [-0.2, -0.15) is 0 Å². The van der Waals surface area contributed by atoms with Crippen molar-refractivity contribution in [2.75, 3.05) is 13.7 Å². The summed E-state index contributed by atoms with van der Waals surface area (Å²) >= 11 is 0. The van der Waals surface area contributed by atoms with Crippen LogP contribution >= 0.6 is 0 Å². The van der Waals surface area contributed by atoms with Gasteiger partial charge in [-0.25, -0.2) is 0 Å². The molecule has 2 aliphatic rings. The fourth-order valence-electron chi connectivity index (χ4n) is 3.61. The van der Waals surface area contributed by atoms with E-state index in [2.05, 4.69) is 0 Å². The molecule has 1 aromatic carbocycles. The summed E-state index contributed by atoms with van der Waals surface area (Å²) in [6.45, 7) is 0.763. The number of rotatable bonds is 3. The van der Waals surface area contributed by atoms with Crippen LogP contribution in [0.4, 0.5) is 0 Å². The number of hydrogen-bond acceptors (Lipinski definition) is 3. The summed E-state index contributed by atoms with van der Waals surface area (Å²) in [4.78, 5) is 26.6. The molecule has 1 aliphatic heterocycles. The van der Waals surface area contributed by atoms with Gasteiger partial charge >= 0.3 is 0 Å². The molecule has 2 fully saturated rings. The molecular weight excluding hydrogens is 266 g/mol. The summed E-state index contributed by atoms with van der Waals surface area (Å²) in [7, 11) is 1.61. The number of ketones is 1. The molecule has 21 heavy (non-hydrogen) atoms. The minimum Gasteiger partial charge on any atom is -0.497 e. The van der Waals surface area contributed by atoms with Crippen LogP contribution in [-0.2, 0) is 4.79 Å². The van der Waals surface area contributed by atoms with E-state index in [1.807, 2.05) is 4.90 Å². The predicted octanol–water partition coefficient (Wildman–Crippen LogP) is 2.67. The Balaban J connectivity index is 1.77. The second kappa shape index (κ2) is 5.88. The van der Waals surface area contributed by atoms with E-state index in [1.54, 1.807) is 31.4 Å². The van der Waals surface area contributed by atoms with Gasteiger partial charge in [0, 0.05) is 30.5 Å². The van der Waals surface area contributed by atoms with Gasteiger partial charge in [0.05, 0.1) is 7.11 Å². The van der Waals surface area contributed by atoms with Gasteiger partial charge in [-0.1, -0.05) is 0 Å². The maximum atomic E-state index is 12.7. The third-order valence-electron chi connectivity index (χ3n) is 4.71. The molecule has 0 spiro atoms. The molecule has 0 N–H and O–H groups in total. The Labute approximate surface area is 125 Å². The van der Waals surface area contributed by atoms with Crippen LogP contribution in [-0.4, -0.2) is 36.3 Å². The smallest absolute Gasteiger partial charge is 0.254 e. The van der Waals surface area contributed by atoms with E-state index in [-0.39, 0.29) is 17.9 Å². The highest BCUT2D eigenvalue weighted by Gasteiger charge is 2.40. The molecule has 1 amide bonds. The number of benzene rings is 1. The van der Waals surface area contributed by atoms with E-state index in [4.69, 9.17) is 4.74 Å². The number of hydrogen-bond donors (Lipinski definition) is 0. The molecule has 2 atom stereocenters. The van der Waals surface area contributed by atoms with Crippen LogP contribution in [0.1, 0.15) is 42.5 Å². The van der Waals surface area contributed by atoms with Crippen LogP contribution in [0.3, 0.4) is 0 Å². The first-order valence-corrected chi connectivity index (χ1v) is 7.68. The Bertz CT molecular complexity index is 537. The lowest BCUT2D eigenvalue weighted by atomic mass is 9.94. The fraction of sp³-hybridized carbons (Fsp3) is 0.529. The molecule has 1 saturated heterocycles. The molecule has 1 saturated carbocycles. The summed E-state index contributed by atoms with van der Waals surface area (Å²) in [6.07, 6.45) is 4.56. The van der Waals surface area contributed by atoms with Crippen molar-refractivity contribution in [2.45, 2.75) is 38.1 Å². The average molecular weight is 287 g/mol. The van der Waals surface area contributed by atoms with Crippen LogP contribution in [0.25, 0.3) is 0 Å². The van der Waals surface area contributed by atoms with Crippen LogP contribution in [0.5, 0.6) is 5.75 Å². The highest BCUT2D eigenvalue weighted by Crippen LogP contribution is 2.34. The Morgan fingerprint density at radius 1 is 1.19 bits per heavy atom. The number of carbonyl (C=O) groups is 2. The first kappa shape index (κ1) is 14.1. The minimum atomic E-state index is 0.0415. The van der Waals surface area contributed by atoms with Crippen molar-refractivity contribution in [3.63, 3.8) is 0 Å². The van der Waals surface area contributed by atoms with Crippen molar-refractivity contribution in [1.82, 2.24) is 4.90 Å². The van der Waals surface area contributed by atoms with Crippen LogP contribution in [0, 0.1) is 5.92 Å². The number of amides is 1. The first-order valence-electron chi connectivity index (χ1n) is 7.68. The van der Waals surface area contributed by atoms with E-state index in [9.17, 15) is 9.59 Å². The highest BCUT2D eigenvalue weighted by molar-refractivity contribution is 5.95. The number of carbonyl (C=O) groups excluding carboxylic acids is 2. The molecule has 112 valence electrons. The lowest BCUT2D eigenvalue weighted by Gasteiger charge is -2.28. The molecule has 3 rings (SSSR count). The Morgan fingerprint density at radius 2 is 1.95 bits per heavy atom. The SMILES string of the molecule is COc1ccc(C(=O)N2CCCC2C2CCCC2=O)cc1. The van der Waals surface area contributed by atoms with E-state index in [1.165, 1.54) is 0 Å². The van der Waals surface area contributed by atoms with Crippen molar-refractivity contribution in [3.05, 3.63) is 29.8 Å². The fourth-order valence-corrected chi connectivity index (χ4v) is 3.61. The maximum Gasteiger partial charge on any atom is 0.254 e. The van der Waals surface area contributed by atoms with Gasteiger partial charge in [0.25, 0.3) is 5.91 Å². The number of Topliss-reactive ketones (excluding diaryl/α,β-unsaturated/α-hetero) is 1. The third kappa shape index (κ3) is 2.67. The maximum absolute atomic E-state index is 12.7. The predicted molar refractivity (Wildman–Crippen MR) is 79.4 cm³/mol. The number of likely N-dealkylation sites (tertiary alicyclic amines) is 1. The number of methoxy groups -OCH3 is 1. The monoisotopic (exact) mass is 287 g/mol. The molecule has 4 nitrogen and oxygen atoms in total. The van der Waals surface area contributed by atoms with Crippen molar-refractivity contribution in [3.8, 4) is 5.75 Å². The standard InChI is InChI=1S/C17H21NO3/c1-21-13-9-7-12(8-10-13)17(20)18-11-3-5-15(18)14-4-2-6-16(14)19/h7-10,14-15H,2-6,11H2,1H3. The number of ether oxygens (including phenoxy) is 1. The van der Waals surface area contributed by atoms with Crippen molar-refractivity contribution >= 4 is 11.7 Å². The van der Waals surface area contributed by atoms with Gasteiger partial charge in [0.1, 0.15) is 11.5 Å². The van der Waals surface area contributed by atoms with Crippen LogP contribution in [0.2, 0.25) is 0 Å². The third-order valence-corrected chi connectivity index (χ3v) is 4.71. The summed E-state index contributed by atoms with van der Waals surface area (Å²) in [5.41, 5.74) is 0.674. The largest absolute Gasteiger partial charge is 0.497 e. The average Bonchev–Trinajstić information content (AvgIpc) is 3.14. The van der Waals surface area contributed by atoms with E-state index in [0.717, 1.165) is 38.0 Å². The second-order valence-electron chi connectivity index (χ2n) is 5.90. The molecule has 1 aliphatic carbocycles. The van der Waals surface area contributed by atoms with Gasteiger partial charge in [-0.15, -0.1) is 0 Å². The van der Waals surface area contributed by atoms with Crippen molar-refractivity contribution < 1.29 is 14.3 Å². The van der Waals surface area contributed by atoms with E-state index < -0.39 is 0 Å². The van der Waals surface area contributed by atoms with Crippen molar-refractivity contribution in [2.24, 2.45) is 5.92 Å². The van der Waals surface area contributed by atoms with Gasteiger partial charge in [0.2, 0.25) is 0 Å². The topological polar surface area (TPSA) is 46.6 Å². The molecule has 1 heterocycles. The Morgan fingerprint density at radius 3 is 2.57 bits per heavy atom. The molecule has 4 heteroatoms.